The quantitative estimate of drug-likeness (QED) is 0.629. The van der Waals surface area contributed by atoms with Crippen LogP contribution in [-0.2, 0) is 9.47 Å². The SMILES string of the molecule is CC(C)(C)OC(=O)N(Nc1ccc(Br)cc1Cl)C(=O)OC(C)(C)C. The first kappa shape index (κ1) is 20.6. The van der Waals surface area contributed by atoms with Crippen molar-refractivity contribution in [3.05, 3.63) is 27.7 Å². The molecule has 0 unspecified atom stereocenters. The van der Waals surface area contributed by atoms with Crippen molar-refractivity contribution in [3.63, 3.8) is 0 Å². The minimum atomic E-state index is -0.893. The fourth-order valence-corrected chi connectivity index (χ4v) is 2.20. The van der Waals surface area contributed by atoms with E-state index < -0.39 is 23.4 Å². The summed E-state index contributed by atoms with van der Waals surface area (Å²) in [7, 11) is 0. The molecule has 0 spiro atoms. The Kier molecular flexibility index (Phi) is 6.52. The number of benzene rings is 1. The summed E-state index contributed by atoms with van der Waals surface area (Å²) in [5.74, 6) is 0. The summed E-state index contributed by atoms with van der Waals surface area (Å²) in [5, 5.41) is 0.979. The minimum absolute atomic E-state index is 0.321. The second-order valence-electron chi connectivity index (χ2n) is 7.03. The van der Waals surface area contributed by atoms with Gasteiger partial charge in [0.2, 0.25) is 0 Å². The van der Waals surface area contributed by atoms with E-state index in [2.05, 4.69) is 21.4 Å². The molecule has 0 bridgehead atoms. The van der Waals surface area contributed by atoms with Crippen molar-refractivity contribution in [1.82, 2.24) is 5.01 Å². The number of ether oxygens (including phenoxy) is 2. The van der Waals surface area contributed by atoms with E-state index in [1.54, 1.807) is 59.7 Å². The molecule has 0 heterocycles. The Hall–Kier alpha value is -1.47. The summed E-state index contributed by atoms with van der Waals surface area (Å²) in [6, 6.07) is 4.97. The lowest BCUT2D eigenvalue weighted by atomic mass is 10.2. The number of halogens is 2. The average molecular weight is 422 g/mol. The van der Waals surface area contributed by atoms with Crippen LogP contribution in [0.25, 0.3) is 0 Å². The van der Waals surface area contributed by atoms with Crippen molar-refractivity contribution in [2.45, 2.75) is 52.7 Å². The van der Waals surface area contributed by atoms with Crippen molar-refractivity contribution in [2.24, 2.45) is 0 Å². The van der Waals surface area contributed by atoms with Crippen LogP contribution < -0.4 is 5.43 Å². The number of hydrogen-bond donors (Lipinski definition) is 1. The van der Waals surface area contributed by atoms with Gasteiger partial charge in [0, 0.05) is 4.47 Å². The lowest BCUT2D eigenvalue weighted by Crippen LogP contribution is -2.46. The minimum Gasteiger partial charge on any atom is -0.442 e. The maximum absolute atomic E-state index is 12.4. The van der Waals surface area contributed by atoms with E-state index in [0.29, 0.717) is 15.7 Å². The van der Waals surface area contributed by atoms with E-state index in [1.807, 2.05) is 0 Å². The van der Waals surface area contributed by atoms with Gasteiger partial charge in [-0.3, -0.25) is 5.43 Å². The number of imide groups is 1. The van der Waals surface area contributed by atoms with Gasteiger partial charge in [-0.15, -0.1) is 5.01 Å². The number of hydrogen-bond acceptors (Lipinski definition) is 5. The first-order valence-electron chi connectivity index (χ1n) is 7.26. The third kappa shape index (κ3) is 6.97. The summed E-state index contributed by atoms with van der Waals surface area (Å²) in [5.41, 5.74) is 1.46. The molecule has 1 aromatic carbocycles. The Morgan fingerprint density at radius 3 is 1.88 bits per heavy atom. The Bertz CT molecular complexity index is 595. The van der Waals surface area contributed by atoms with Gasteiger partial charge in [-0.25, -0.2) is 9.59 Å². The van der Waals surface area contributed by atoms with Gasteiger partial charge >= 0.3 is 12.2 Å². The van der Waals surface area contributed by atoms with Gasteiger partial charge in [-0.1, -0.05) is 27.5 Å². The molecule has 0 aromatic heterocycles. The van der Waals surface area contributed by atoms with Gasteiger partial charge in [-0.05, 0) is 59.7 Å². The topological polar surface area (TPSA) is 67.9 Å². The standard InChI is InChI=1S/C16H22BrClN2O4/c1-15(2,3)23-13(21)20(14(22)24-16(4,5)6)19-12-8-7-10(17)9-11(12)18/h7-9,19H,1-6H3. The smallest absolute Gasteiger partial charge is 0.439 e. The molecule has 2 amide bonds. The van der Waals surface area contributed by atoms with Crippen molar-refractivity contribution < 1.29 is 19.1 Å². The second-order valence-corrected chi connectivity index (χ2v) is 8.35. The number of carbonyl (C=O) groups is 2. The molecule has 24 heavy (non-hydrogen) atoms. The summed E-state index contributed by atoms with van der Waals surface area (Å²) >= 11 is 9.42. The van der Waals surface area contributed by atoms with Gasteiger partial charge in [0.05, 0.1) is 10.7 Å². The Balaban J connectivity index is 3.08. The van der Waals surface area contributed by atoms with Crippen LogP contribution in [0, 0.1) is 0 Å². The highest BCUT2D eigenvalue weighted by Crippen LogP contribution is 2.27. The zero-order chi connectivity index (χ0) is 18.7. The third-order valence-corrected chi connectivity index (χ3v) is 3.12. The van der Waals surface area contributed by atoms with Gasteiger partial charge in [-0.2, -0.15) is 0 Å². The molecule has 0 saturated heterocycles. The van der Waals surface area contributed by atoms with Crippen LogP contribution in [-0.4, -0.2) is 28.4 Å². The van der Waals surface area contributed by atoms with Crippen molar-refractivity contribution in [2.75, 3.05) is 5.43 Å². The zero-order valence-corrected chi connectivity index (χ0v) is 16.9. The van der Waals surface area contributed by atoms with Crippen LogP contribution in [0.5, 0.6) is 0 Å². The van der Waals surface area contributed by atoms with E-state index >= 15 is 0 Å². The molecule has 1 N–H and O–H groups in total. The Morgan fingerprint density at radius 1 is 1.04 bits per heavy atom. The first-order chi connectivity index (χ1) is 10.8. The Morgan fingerprint density at radius 2 is 1.50 bits per heavy atom. The molecule has 0 aliphatic heterocycles. The molecule has 0 aliphatic rings. The number of carbonyl (C=O) groups excluding carboxylic acids is 2. The van der Waals surface area contributed by atoms with Crippen LogP contribution in [0.1, 0.15) is 41.5 Å². The number of anilines is 1. The maximum atomic E-state index is 12.4. The molecule has 0 saturated carbocycles. The maximum Gasteiger partial charge on any atom is 0.439 e. The van der Waals surface area contributed by atoms with Crippen LogP contribution in [0.4, 0.5) is 15.3 Å². The van der Waals surface area contributed by atoms with Crippen LogP contribution in [0.15, 0.2) is 22.7 Å². The van der Waals surface area contributed by atoms with Crippen molar-refractivity contribution in [3.8, 4) is 0 Å². The highest BCUT2D eigenvalue weighted by Gasteiger charge is 2.32. The molecule has 1 aromatic rings. The molecule has 1 rings (SSSR count). The highest BCUT2D eigenvalue weighted by atomic mass is 79.9. The predicted molar refractivity (Wildman–Crippen MR) is 97.1 cm³/mol. The molecule has 134 valence electrons. The monoisotopic (exact) mass is 420 g/mol. The molecule has 8 heteroatoms. The summed E-state index contributed by atoms with van der Waals surface area (Å²) in [6.45, 7) is 10.2. The number of hydrazine groups is 1. The molecule has 6 nitrogen and oxygen atoms in total. The van der Waals surface area contributed by atoms with Gasteiger partial charge in [0.15, 0.2) is 0 Å². The Labute approximate surface area is 155 Å². The number of nitrogens with zero attached hydrogens (tertiary/aromatic N) is 1. The molecule has 0 atom stereocenters. The third-order valence-electron chi connectivity index (χ3n) is 2.32. The fraction of sp³-hybridized carbons (Fsp3) is 0.500. The van der Waals surface area contributed by atoms with E-state index in [1.165, 1.54) is 0 Å². The summed E-state index contributed by atoms with van der Waals surface area (Å²) < 4.78 is 11.2. The summed E-state index contributed by atoms with van der Waals surface area (Å²) in [4.78, 5) is 24.7. The fourth-order valence-electron chi connectivity index (χ4n) is 1.48. The first-order valence-corrected chi connectivity index (χ1v) is 8.43. The molecular formula is C16H22BrClN2O4. The van der Waals surface area contributed by atoms with E-state index in [0.717, 1.165) is 4.47 Å². The van der Waals surface area contributed by atoms with Crippen LogP contribution in [0.3, 0.4) is 0 Å². The average Bonchev–Trinajstić information content (AvgIpc) is 2.33. The van der Waals surface area contributed by atoms with E-state index in [9.17, 15) is 9.59 Å². The van der Waals surface area contributed by atoms with Crippen LogP contribution >= 0.6 is 27.5 Å². The number of rotatable bonds is 2. The van der Waals surface area contributed by atoms with Gasteiger partial charge in [0.1, 0.15) is 11.2 Å². The lowest BCUT2D eigenvalue weighted by molar-refractivity contribution is 0.00644. The number of nitrogens with one attached hydrogen (secondary N) is 1. The molecular weight excluding hydrogens is 400 g/mol. The van der Waals surface area contributed by atoms with E-state index in [-0.39, 0.29) is 0 Å². The molecule has 0 radical (unpaired) electrons. The second kappa shape index (κ2) is 7.61. The molecule has 0 fully saturated rings. The van der Waals surface area contributed by atoms with Gasteiger partial charge < -0.3 is 9.47 Å². The summed E-state index contributed by atoms with van der Waals surface area (Å²) in [6.07, 6.45) is -1.79. The largest absolute Gasteiger partial charge is 0.442 e. The predicted octanol–water partition coefficient (Wildman–Crippen LogP) is 5.60. The van der Waals surface area contributed by atoms with Crippen molar-refractivity contribution in [1.29, 1.82) is 0 Å². The number of amides is 2. The zero-order valence-electron chi connectivity index (χ0n) is 14.6. The van der Waals surface area contributed by atoms with Crippen molar-refractivity contribution >= 4 is 45.4 Å². The normalized spacial score (nSPS) is 11.7. The van der Waals surface area contributed by atoms with E-state index in [4.69, 9.17) is 21.1 Å². The van der Waals surface area contributed by atoms with Gasteiger partial charge in [0.25, 0.3) is 0 Å². The lowest BCUT2D eigenvalue weighted by Gasteiger charge is -2.29. The highest BCUT2D eigenvalue weighted by molar-refractivity contribution is 9.10. The molecule has 0 aliphatic carbocycles. The van der Waals surface area contributed by atoms with Crippen LogP contribution in [0.2, 0.25) is 5.02 Å².